The molecule has 2 N–H and O–H groups in total. The molecule has 0 aromatic carbocycles. The molecule has 0 aliphatic carbocycles. The number of hydrogen-bond donors (Lipinski definition) is 2. The Morgan fingerprint density at radius 2 is 2.30 bits per heavy atom. The monoisotopic (exact) mass is 293 g/mol. The standard InChI is InChI=1S/C12H21F2N3O3/c1-8-4-15-9(6-17(8)12(18)19)5-16-2-3-20-7-10(16)11(13)14/h8-11,15H,2-7H2,1H3,(H,18,19)/t8-,9+,10+/m1/s1. The fourth-order valence-electron chi connectivity index (χ4n) is 2.72. The van der Waals surface area contributed by atoms with Crippen molar-refractivity contribution in [2.45, 2.75) is 31.5 Å². The fourth-order valence-corrected chi connectivity index (χ4v) is 2.72. The van der Waals surface area contributed by atoms with Gasteiger partial charge in [0, 0.05) is 38.3 Å². The average Bonchev–Trinajstić information content (AvgIpc) is 2.41. The van der Waals surface area contributed by atoms with Crippen LogP contribution in [0, 0.1) is 0 Å². The molecule has 20 heavy (non-hydrogen) atoms. The van der Waals surface area contributed by atoms with Crippen molar-refractivity contribution < 1.29 is 23.4 Å². The molecule has 2 aliphatic rings. The summed E-state index contributed by atoms with van der Waals surface area (Å²) in [5.74, 6) is 0. The smallest absolute Gasteiger partial charge is 0.407 e. The Morgan fingerprint density at radius 1 is 1.55 bits per heavy atom. The minimum absolute atomic E-state index is 0.0312. The van der Waals surface area contributed by atoms with Crippen molar-refractivity contribution in [1.29, 1.82) is 0 Å². The van der Waals surface area contributed by atoms with Crippen molar-refractivity contribution in [3.63, 3.8) is 0 Å². The van der Waals surface area contributed by atoms with Gasteiger partial charge in [0.1, 0.15) is 0 Å². The van der Waals surface area contributed by atoms with Gasteiger partial charge in [-0.05, 0) is 6.92 Å². The number of amides is 1. The summed E-state index contributed by atoms with van der Waals surface area (Å²) in [6, 6.07) is -1.12. The first-order valence-corrected chi connectivity index (χ1v) is 6.82. The van der Waals surface area contributed by atoms with E-state index in [0.717, 1.165) is 0 Å². The predicted molar refractivity (Wildman–Crippen MR) is 68.2 cm³/mol. The van der Waals surface area contributed by atoms with Crippen molar-refractivity contribution in [1.82, 2.24) is 15.1 Å². The summed E-state index contributed by atoms with van der Waals surface area (Å²) in [5.41, 5.74) is 0. The lowest BCUT2D eigenvalue weighted by molar-refractivity contribution is -0.0754. The minimum Gasteiger partial charge on any atom is -0.465 e. The Kier molecular flexibility index (Phi) is 5.11. The molecule has 2 rings (SSSR count). The minimum atomic E-state index is -2.45. The van der Waals surface area contributed by atoms with E-state index in [1.807, 2.05) is 6.92 Å². The first-order chi connectivity index (χ1) is 9.49. The van der Waals surface area contributed by atoms with Crippen molar-refractivity contribution in [3.8, 4) is 0 Å². The molecule has 8 heteroatoms. The number of rotatable bonds is 3. The lowest BCUT2D eigenvalue weighted by Gasteiger charge is -2.42. The Hall–Kier alpha value is -0.990. The summed E-state index contributed by atoms with van der Waals surface area (Å²) in [6.07, 6.45) is -3.41. The van der Waals surface area contributed by atoms with E-state index in [4.69, 9.17) is 9.84 Å². The number of nitrogens with one attached hydrogen (secondary N) is 1. The molecule has 6 nitrogen and oxygen atoms in total. The van der Waals surface area contributed by atoms with Gasteiger partial charge in [0.25, 0.3) is 6.43 Å². The molecule has 0 radical (unpaired) electrons. The summed E-state index contributed by atoms with van der Waals surface area (Å²) in [4.78, 5) is 14.2. The lowest BCUT2D eigenvalue weighted by Crippen LogP contribution is -2.62. The van der Waals surface area contributed by atoms with E-state index < -0.39 is 18.6 Å². The molecule has 116 valence electrons. The molecule has 1 amide bonds. The van der Waals surface area contributed by atoms with E-state index in [1.165, 1.54) is 4.90 Å². The van der Waals surface area contributed by atoms with Crippen LogP contribution >= 0.6 is 0 Å². The number of ether oxygens (including phenoxy) is 1. The second-order valence-electron chi connectivity index (χ2n) is 5.36. The fraction of sp³-hybridized carbons (Fsp3) is 0.917. The van der Waals surface area contributed by atoms with Gasteiger partial charge < -0.3 is 20.1 Å². The van der Waals surface area contributed by atoms with Crippen LogP contribution in [0.3, 0.4) is 0 Å². The van der Waals surface area contributed by atoms with Crippen LogP contribution < -0.4 is 5.32 Å². The highest BCUT2D eigenvalue weighted by Crippen LogP contribution is 2.16. The SMILES string of the molecule is C[C@@H]1CN[C@@H](CN2CCOC[C@H]2C(F)F)CN1C(=O)O. The summed E-state index contributed by atoms with van der Waals surface area (Å²) >= 11 is 0. The van der Waals surface area contributed by atoms with Gasteiger partial charge in [-0.1, -0.05) is 0 Å². The van der Waals surface area contributed by atoms with E-state index in [-0.39, 0.29) is 18.7 Å². The van der Waals surface area contributed by atoms with Gasteiger partial charge in [-0.25, -0.2) is 13.6 Å². The predicted octanol–water partition coefficient (Wildman–Crippen LogP) is 0.293. The maximum absolute atomic E-state index is 12.9. The topological polar surface area (TPSA) is 65.0 Å². The van der Waals surface area contributed by atoms with Crippen molar-refractivity contribution in [3.05, 3.63) is 0 Å². The second-order valence-corrected chi connectivity index (χ2v) is 5.36. The van der Waals surface area contributed by atoms with Crippen LogP contribution in [0.4, 0.5) is 13.6 Å². The number of piperazine rings is 1. The van der Waals surface area contributed by atoms with Crippen LogP contribution in [0.25, 0.3) is 0 Å². The van der Waals surface area contributed by atoms with Crippen LogP contribution in [0.15, 0.2) is 0 Å². The van der Waals surface area contributed by atoms with Crippen molar-refractivity contribution in [2.24, 2.45) is 0 Å². The Morgan fingerprint density at radius 3 is 2.95 bits per heavy atom. The zero-order chi connectivity index (χ0) is 14.7. The van der Waals surface area contributed by atoms with Crippen LogP contribution in [0.5, 0.6) is 0 Å². The average molecular weight is 293 g/mol. The molecule has 2 fully saturated rings. The molecule has 0 unspecified atom stereocenters. The molecular weight excluding hydrogens is 272 g/mol. The van der Waals surface area contributed by atoms with E-state index >= 15 is 0 Å². The van der Waals surface area contributed by atoms with E-state index in [1.54, 1.807) is 4.90 Å². The van der Waals surface area contributed by atoms with Gasteiger partial charge in [0.05, 0.1) is 19.3 Å². The highest BCUT2D eigenvalue weighted by atomic mass is 19.3. The third-order valence-corrected chi connectivity index (χ3v) is 3.92. The molecule has 0 aromatic rings. The maximum Gasteiger partial charge on any atom is 0.407 e. The lowest BCUT2D eigenvalue weighted by atomic mass is 10.1. The molecule has 2 heterocycles. The Balaban J connectivity index is 1.93. The second kappa shape index (κ2) is 6.64. The zero-order valence-corrected chi connectivity index (χ0v) is 11.5. The largest absolute Gasteiger partial charge is 0.465 e. The van der Waals surface area contributed by atoms with E-state index in [9.17, 15) is 13.6 Å². The number of halogens is 2. The Bertz CT molecular complexity index is 346. The normalized spacial score (nSPS) is 32.6. The van der Waals surface area contributed by atoms with Crippen LogP contribution in [-0.2, 0) is 4.74 Å². The first kappa shape index (κ1) is 15.4. The number of carboxylic acid groups (broad SMARTS) is 1. The molecule has 3 atom stereocenters. The summed E-state index contributed by atoms with van der Waals surface area (Å²) in [5, 5.41) is 12.3. The third-order valence-electron chi connectivity index (χ3n) is 3.92. The molecule has 2 aliphatic heterocycles. The summed E-state index contributed by atoms with van der Waals surface area (Å²) in [7, 11) is 0. The molecular formula is C12H21F2N3O3. The number of nitrogens with zero attached hydrogens (tertiary/aromatic N) is 2. The van der Waals surface area contributed by atoms with Crippen molar-refractivity contribution in [2.75, 3.05) is 39.4 Å². The molecule has 0 bridgehead atoms. The third kappa shape index (κ3) is 3.56. The van der Waals surface area contributed by atoms with Crippen LogP contribution in [0.1, 0.15) is 6.92 Å². The number of hydrogen-bond acceptors (Lipinski definition) is 4. The summed E-state index contributed by atoms with van der Waals surface area (Å²) < 4.78 is 31.0. The van der Waals surface area contributed by atoms with E-state index in [2.05, 4.69) is 5.32 Å². The van der Waals surface area contributed by atoms with Crippen LogP contribution in [0.2, 0.25) is 0 Å². The van der Waals surface area contributed by atoms with Crippen LogP contribution in [-0.4, -0.2) is 84.9 Å². The van der Waals surface area contributed by atoms with Crippen molar-refractivity contribution >= 4 is 6.09 Å². The molecule has 0 saturated carbocycles. The maximum atomic E-state index is 12.9. The number of carbonyl (C=O) groups is 1. The number of alkyl halides is 2. The van der Waals surface area contributed by atoms with Gasteiger partial charge in [0.2, 0.25) is 0 Å². The van der Waals surface area contributed by atoms with E-state index in [0.29, 0.717) is 32.8 Å². The summed E-state index contributed by atoms with van der Waals surface area (Å²) in [6.45, 7) is 4.03. The van der Waals surface area contributed by atoms with Gasteiger partial charge in [0.15, 0.2) is 0 Å². The first-order valence-electron chi connectivity index (χ1n) is 6.82. The number of morpholine rings is 1. The molecule has 2 saturated heterocycles. The van der Waals surface area contributed by atoms with Gasteiger partial charge in [-0.15, -0.1) is 0 Å². The van der Waals surface area contributed by atoms with Gasteiger partial charge in [-0.2, -0.15) is 0 Å². The van der Waals surface area contributed by atoms with Gasteiger partial charge in [-0.3, -0.25) is 4.90 Å². The molecule has 0 aromatic heterocycles. The van der Waals surface area contributed by atoms with Gasteiger partial charge >= 0.3 is 6.09 Å². The molecule has 0 spiro atoms. The quantitative estimate of drug-likeness (QED) is 0.783. The Labute approximate surface area is 116 Å². The highest BCUT2D eigenvalue weighted by Gasteiger charge is 2.35. The zero-order valence-electron chi connectivity index (χ0n) is 11.5. The highest BCUT2D eigenvalue weighted by molar-refractivity contribution is 5.65.